The SMILES string of the molecule is CC(C)CC1(CN2Cc3cccc(N)c3C2)CCCC1. The lowest BCUT2D eigenvalue weighted by Crippen LogP contribution is -2.34. The van der Waals surface area contributed by atoms with Gasteiger partial charge in [0.15, 0.2) is 0 Å². The molecular weight excluding hydrogens is 244 g/mol. The van der Waals surface area contributed by atoms with E-state index >= 15 is 0 Å². The summed E-state index contributed by atoms with van der Waals surface area (Å²) in [5.74, 6) is 0.808. The maximum absolute atomic E-state index is 6.13. The van der Waals surface area contributed by atoms with Crippen molar-refractivity contribution in [3.63, 3.8) is 0 Å². The Bertz CT molecular complexity index is 472. The van der Waals surface area contributed by atoms with Crippen molar-refractivity contribution < 1.29 is 0 Å². The van der Waals surface area contributed by atoms with E-state index in [2.05, 4.69) is 30.9 Å². The molecule has 1 aromatic carbocycles. The van der Waals surface area contributed by atoms with E-state index in [-0.39, 0.29) is 0 Å². The lowest BCUT2D eigenvalue weighted by molar-refractivity contribution is 0.127. The standard InChI is InChI=1S/C18H28N2/c1-14(2)10-18(8-3-4-9-18)13-20-11-15-6-5-7-17(19)16(15)12-20/h5-7,14H,3-4,8-13,19H2,1-2H3. The molecule has 1 aliphatic carbocycles. The number of rotatable bonds is 4. The molecule has 2 aliphatic rings. The smallest absolute Gasteiger partial charge is 0.0363 e. The Morgan fingerprint density at radius 2 is 1.95 bits per heavy atom. The fourth-order valence-corrected chi connectivity index (χ4v) is 4.52. The van der Waals surface area contributed by atoms with Crippen molar-refractivity contribution in [2.24, 2.45) is 11.3 Å². The van der Waals surface area contributed by atoms with Crippen LogP contribution in [0.15, 0.2) is 18.2 Å². The minimum Gasteiger partial charge on any atom is -0.398 e. The quantitative estimate of drug-likeness (QED) is 0.833. The van der Waals surface area contributed by atoms with Gasteiger partial charge < -0.3 is 5.73 Å². The van der Waals surface area contributed by atoms with E-state index < -0.39 is 0 Å². The van der Waals surface area contributed by atoms with E-state index in [9.17, 15) is 0 Å². The van der Waals surface area contributed by atoms with Gasteiger partial charge in [-0.15, -0.1) is 0 Å². The number of nitrogens with two attached hydrogens (primary N) is 1. The van der Waals surface area contributed by atoms with Gasteiger partial charge in [-0.2, -0.15) is 0 Å². The largest absolute Gasteiger partial charge is 0.398 e. The van der Waals surface area contributed by atoms with Crippen LogP contribution >= 0.6 is 0 Å². The highest BCUT2D eigenvalue weighted by Gasteiger charge is 2.37. The van der Waals surface area contributed by atoms with Crippen molar-refractivity contribution in [3.05, 3.63) is 29.3 Å². The lowest BCUT2D eigenvalue weighted by atomic mass is 9.78. The zero-order chi connectivity index (χ0) is 14.2. The topological polar surface area (TPSA) is 29.3 Å². The van der Waals surface area contributed by atoms with Crippen LogP contribution in [0.4, 0.5) is 5.69 Å². The van der Waals surface area contributed by atoms with Gasteiger partial charge in [0.2, 0.25) is 0 Å². The molecule has 2 heteroatoms. The second kappa shape index (κ2) is 5.40. The van der Waals surface area contributed by atoms with Gasteiger partial charge in [0, 0.05) is 25.3 Å². The molecule has 0 saturated heterocycles. The maximum atomic E-state index is 6.13. The first-order valence-corrected chi connectivity index (χ1v) is 8.17. The van der Waals surface area contributed by atoms with Crippen LogP contribution in [-0.4, -0.2) is 11.4 Å². The average Bonchev–Trinajstić information content (AvgIpc) is 2.96. The van der Waals surface area contributed by atoms with E-state index in [1.54, 1.807) is 0 Å². The maximum Gasteiger partial charge on any atom is 0.0363 e. The highest BCUT2D eigenvalue weighted by Crippen LogP contribution is 2.45. The molecule has 1 saturated carbocycles. The van der Waals surface area contributed by atoms with Crippen LogP contribution in [0.5, 0.6) is 0 Å². The van der Waals surface area contributed by atoms with E-state index in [1.165, 1.54) is 49.8 Å². The second-order valence-corrected chi connectivity index (χ2v) is 7.44. The van der Waals surface area contributed by atoms with E-state index in [1.807, 2.05) is 6.07 Å². The van der Waals surface area contributed by atoms with Crippen molar-refractivity contribution >= 4 is 5.69 Å². The summed E-state index contributed by atoms with van der Waals surface area (Å²) in [5, 5.41) is 0. The minimum absolute atomic E-state index is 0.574. The molecule has 1 fully saturated rings. The van der Waals surface area contributed by atoms with E-state index in [4.69, 9.17) is 5.73 Å². The van der Waals surface area contributed by atoms with Crippen molar-refractivity contribution in [2.75, 3.05) is 12.3 Å². The van der Waals surface area contributed by atoms with Gasteiger partial charge >= 0.3 is 0 Å². The van der Waals surface area contributed by atoms with Crippen LogP contribution in [-0.2, 0) is 13.1 Å². The Morgan fingerprint density at radius 3 is 2.60 bits per heavy atom. The highest BCUT2D eigenvalue weighted by atomic mass is 15.1. The minimum atomic E-state index is 0.574. The third-order valence-corrected chi connectivity index (χ3v) is 5.15. The Kier molecular flexibility index (Phi) is 3.76. The Balaban J connectivity index is 1.71. The molecule has 0 unspecified atom stereocenters. The van der Waals surface area contributed by atoms with Crippen LogP contribution in [0.1, 0.15) is 57.1 Å². The lowest BCUT2D eigenvalue weighted by Gasteiger charge is -2.35. The van der Waals surface area contributed by atoms with E-state index in [0.717, 1.165) is 24.7 Å². The number of hydrogen-bond donors (Lipinski definition) is 1. The first-order valence-electron chi connectivity index (χ1n) is 8.17. The molecule has 1 aliphatic heterocycles. The third-order valence-electron chi connectivity index (χ3n) is 5.15. The molecule has 2 N–H and O–H groups in total. The molecule has 1 heterocycles. The fourth-order valence-electron chi connectivity index (χ4n) is 4.52. The first kappa shape index (κ1) is 13.9. The monoisotopic (exact) mass is 272 g/mol. The molecule has 0 radical (unpaired) electrons. The molecule has 0 amide bonds. The summed E-state index contributed by atoms with van der Waals surface area (Å²) in [6.07, 6.45) is 7.08. The number of benzene rings is 1. The van der Waals surface area contributed by atoms with Gasteiger partial charge in [0.1, 0.15) is 0 Å². The molecule has 0 atom stereocenters. The average molecular weight is 272 g/mol. The van der Waals surface area contributed by atoms with Crippen LogP contribution in [0.25, 0.3) is 0 Å². The summed E-state index contributed by atoms with van der Waals surface area (Å²) in [4.78, 5) is 2.63. The fraction of sp³-hybridized carbons (Fsp3) is 0.667. The van der Waals surface area contributed by atoms with Gasteiger partial charge in [0.05, 0.1) is 0 Å². The Morgan fingerprint density at radius 1 is 1.20 bits per heavy atom. The highest BCUT2D eigenvalue weighted by molar-refractivity contribution is 5.52. The molecular formula is C18H28N2. The van der Waals surface area contributed by atoms with Crippen LogP contribution in [0.3, 0.4) is 0 Å². The zero-order valence-electron chi connectivity index (χ0n) is 13.0. The summed E-state index contributed by atoms with van der Waals surface area (Å²) in [5.41, 5.74) is 10.5. The number of hydrogen-bond acceptors (Lipinski definition) is 2. The second-order valence-electron chi connectivity index (χ2n) is 7.44. The van der Waals surface area contributed by atoms with Gasteiger partial charge in [-0.1, -0.05) is 38.8 Å². The predicted octanol–water partition coefficient (Wildman–Crippen LogP) is 4.19. The number of nitrogens with zero attached hydrogens (tertiary/aromatic N) is 1. The molecule has 1 aromatic rings. The van der Waals surface area contributed by atoms with Gasteiger partial charge in [-0.25, -0.2) is 0 Å². The Labute approximate surface area is 123 Å². The molecule has 110 valence electrons. The Hall–Kier alpha value is -1.02. The predicted molar refractivity (Wildman–Crippen MR) is 85.3 cm³/mol. The number of nitrogen functional groups attached to an aromatic ring is 1. The third kappa shape index (κ3) is 2.71. The number of fused-ring (bicyclic) bond motifs is 1. The summed E-state index contributed by atoms with van der Waals surface area (Å²) in [6.45, 7) is 8.16. The van der Waals surface area contributed by atoms with E-state index in [0.29, 0.717) is 5.41 Å². The molecule has 2 nitrogen and oxygen atoms in total. The van der Waals surface area contributed by atoms with Gasteiger partial charge in [-0.05, 0) is 47.8 Å². The number of anilines is 1. The van der Waals surface area contributed by atoms with Gasteiger partial charge in [0.25, 0.3) is 0 Å². The molecule has 0 bridgehead atoms. The van der Waals surface area contributed by atoms with Crippen molar-refractivity contribution in [1.82, 2.24) is 4.90 Å². The summed E-state index contributed by atoms with van der Waals surface area (Å²) < 4.78 is 0. The zero-order valence-corrected chi connectivity index (χ0v) is 13.0. The normalized spacial score (nSPS) is 21.6. The van der Waals surface area contributed by atoms with Crippen LogP contribution in [0, 0.1) is 11.3 Å². The molecule has 0 spiro atoms. The van der Waals surface area contributed by atoms with Gasteiger partial charge in [-0.3, -0.25) is 4.90 Å². The first-order chi connectivity index (χ1) is 9.58. The molecule has 3 rings (SSSR count). The summed E-state index contributed by atoms with van der Waals surface area (Å²) in [6, 6.07) is 6.38. The van der Waals surface area contributed by atoms with Crippen LogP contribution in [0.2, 0.25) is 0 Å². The molecule has 0 aromatic heterocycles. The molecule has 20 heavy (non-hydrogen) atoms. The summed E-state index contributed by atoms with van der Waals surface area (Å²) in [7, 11) is 0. The van der Waals surface area contributed by atoms with Crippen molar-refractivity contribution in [3.8, 4) is 0 Å². The van der Waals surface area contributed by atoms with Crippen molar-refractivity contribution in [1.29, 1.82) is 0 Å². The van der Waals surface area contributed by atoms with Crippen LogP contribution < -0.4 is 5.73 Å². The van der Waals surface area contributed by atoms with Crippen molar-refractivity contribution in [2.45, 2.75) is 59.0 Å². The summed E-state index contributed by atoms with van der Waals surface area (Å²) >= 11 is 0.